The lowest BCUT2D eigenvalue weighted by Gasteiger charge is -2.16. The maximum atomic E-state index is 12.3. The molecule has 0 bridgehead atoms. The Morgan fingerprint density at radius 2 is 2.44 bits per heavy atom. The number of aliphatic hydroxyl groups excluding tert-OH is 1. The van der Waals surface area contributed by atoms with Crippen LogP contribution in [0.5, 0.6) is 0 Å². The normalized spacial score (nSPS) is 19.6. The van der Waals surface area contributed by atoms with Crippen molar-refractivity contribution in [2.75, 3.05) is 19.7 Å². The second kappa shape index (κ2) is 4.42. The molecular weight excluding hydrogens is 230 g/mol. The first kappa shape index (κ1) is 11.2. The van der Waals surface area contributed by atoms with Crippen molar-refractivity contribution in [1.82, 2.24) is 15.1 Å². The van der Waals surface area contributed by atoms with Crippen molar-refractivity contribution in [1.29, 1.82) is 0 Å². The number of nitrogens with one attached hydrogen (secondary N) is 1. The SMILES string of the molecule is O=C(c1ccc2cn[nH]c2c1)N1CCC(CO)C1. The van der Waals surface area contributed by atoms with Gasteiger partial charge >= 0.3 is 0 Å². The van der Waals surface area contributed by atoms with Gasteiger partial charge in [0.15, 0.2) is 0 Å². The van der Waals surface area contributed by atoms with Gasteiger partial charge < -0.3 is 10.0 Å². The Balaban J connectivity index is 1.83. The highest BCUT2D eigenvalue weighted by Gasteiger charge is 2.26. The molecule has 18 heavy (non-hydrogen) atoms. The molecule has 5 nitrogen and oxygen atoms in total. The standard InChI is InChI=1S/C13H15N3O2/c17-8-9-3-4-16(7-9)13(18)10-1-2-11-6-14-15-12(11)5-10/h1-2,5-6,9,17H,3-4,7-8H2,(H,14,15). The average Bonchev–Trinajstić information content (AvgIpc) is 3.05. The van der Waals surface area contributed by atoms with Gasteiger partial charge in [0.05, 0.1) is 11.7 Å². The highest BCUT2D eigenvalue weighted by Crippen LogP contribution is 2.20. The van der Waals surface area contributed by atoms with Crippen LogP contribution in [0, 0.1) is 5.92 Å². The number of H-pyrrole nitrogens is 1. The van der Waals surface area contributed by atoms with E-state index in [1.807, 2.05) is 18.2 Å². The van der Waals surface area contributed by atoms with Crippen molar-refractivity contribution >= 4 is 16.8 Å². The molecule has 1 amide bonds. The molecule has 1 fully saturated rings. The van der Waals surface area contributed by atoms with Crippen molar-refractivity contribution in [2.45, 2.75) is 6.42 Å². The zero-order valence-corrected chi connectivity index (χ0v) is 9.97. The predicted octanol–water partition coefficient (Wildman–Crippen LogP) is 1.02. The lowest BCUT2D eigenvalue weighted by molar-refractivity contribution is 0.0782. The molecule has 1 aliphatic heterocycles. The third-order valence-corrected chi connectivity index (χ3v) is 3.52. The third kappa shape index (κ3) is 1.86. The molecule has 2 heterocycles. The van der Waals surface area contributed by atoms with E-state index in [0.29, 0.717) is 12.1 Å². The number of hydrogen-bond donors (Lipinski definition) is 2. The zero-order chi connectivity index (χ0) is 12.5. The summed E-state index contributed by atoms with van der Waals surface area (Å²) < 4.78 is 0. The van der Waals surface area contributed by atoms with Gasteiger partial charge in [0.1, 0.15) is 0 Å². The number of aliphatic hydroxyl groups is 1. The first-order chi connectivity index (χ1) is 8.78. The maximum Gasteiger partial charge on any atom is 0.253 e. The number of likely N-dealkylation sites (tertiary alicyclic amines) is 1. The third-order valence-electron chi connectivity index (χ3n) is 3.52. The summed E-state index contributed by atoms with van der Waals surface area (Å²) in [5, 5.41) is 16.9. The summed E-state index contributed by atoms with van der Waals surface area (Å²) in [6.45, 7) is 1.53. The van der Waals surface area contributed by atoms with Crippen molar-refractivity contribution in [3.05, 3.63) is 30.0 Å². The molecular formula is C13H15N3O2. The number of nitrogens with zero attached hydrogens (tertiary/aromatic N) is 2. The van der Waals surface area contributed by atoms with Crippen LogP contribution in [-0.4, -0.2) is 45.8 Å². The fraction of sp³-hybridized carbons (Fsp3) is 0.385. The molecule has 0 saturated carbocycles. The number of rotatable bonds is 2. The highest BCUT2D eigenvalue weighted by molar-refractivity contribution is 5.97. The Kier molecular flexibility index (Phi) is 2.76. The van der Waals surface area contributed by atoms with E-state index in [9.17, 15) is 4.79 Å². The van der Waals surface area contributed by atoms with E-state index < -0.39 is 0 Å². The van der Waals surface area contributed by atoms with Crippen LogP contribution in [0.3, 0.4) is 0 Å². The molecule has 2 N–H and O–H groups in total. The van der Waals surface area contributed by atoms with E-state index in [0.717, 1.165) is 23.9 Å². The Hall–Kier alpha value is -1.88. The van der Waals surface area contributed by atoms with Gasteiger partial charge in [0.25, 0.3) is 5.91 Å². The molecule has 1 atom stereocenters. The second-order valence-corrected chi connectivity index (χ2v) is 4.76. The van der Waals surface area contributed by atoms with Crippen LogP contribution >= 0.6 is 0 Å². The summed E-state index contributed by atoms with van der Waals surface area (Å²) >= 11 is 0. The van der Waals surface area contributed by atoms with Gasteiger partial charge in [-0.3, -0.25) is 9.89 Å². The van der Waals surface area contributed by atoms with Gasteiger partial charge in [-0.15, -0.1) is 0 Å². The molecule has 0 aliphatic carbocycles. The summed E-state index contributed by atoms with van der Waals surface area (Å²) in [4.78, 5) is 14.1. The van der Waals surface area contributed by atoms with E-state index in [-0.39, 0.29) is 18.4 Å². The fourth-order valence-electron chi connectivity index (χ4n) is 2.42. The molecule has 94 valence electrons. The van der Waals surface area contributed by atoms with Crippen LogP contribution in [0.2, 0.25) is 0 Å². The minimum Gasteiger partial charge on any atom is -0.396 e. The minimum absolute atomic E-state index is 0.0300. The number of hydrogen-bond acceptors (Lipinski definition) is 3. The maximum absolute atomic E-state index is 12.3. The summed E-state index contributed by atoms with van der Waals surface area (Å²) in [7, 11) is 0. The monoisotopic (exact) mass is 245 g/mol. The van der Waals surface area contributed by atoms with Crippen LogP contribution < -0.4 is 0 Å². The Morgan fingerprint density at radius 1 is 1.56 bits per heavy atom. The molecule has 3 rings (SSSR count). The number of aromatic nitrogens is 2. The topological polar surface area (TPSA) is 69.2 Å². The summed E-state index contributed by atoms with van der Waals surface area (Å²) in [5.74, 6) is 0.257. The second-order valence-electron chi connectivity index (χ2n) is 4.76. The smallest absolute Gasteiger partial charge is 0.253 e. The first-order valence-corrected chi connectivity index (χ1v) is 6.11. The number of aromatic amines is 1. The molecule has 2 aromatic rings. The molecule has 1 unspecified atom stereocenters. The van der Waals surface area contributed by atoms with Crippen LogP contribution in [0.1, 0.15) is 16.8 Å². The fourth-order valence-corrected chi connectivity index (χ4v) is 2.42. The minimum atomic E-state index is 0.0300. The van der Waals surface area contributed by atoms with Crippen molar-refractivity contribution < 1.29 is 9.90 Å². The van der Waals surface area contributed by atoms with E-state index in [4.69, 9.17) is 5.11 Å². The summed E-state index contributed by atoms with van der Waals surface area (Å²) in [6, 6.07) is 5.55. The van der Waals surface area contributed by atoms with Gasteiger partial charge in [-0.2, -0.15) is 5.10 Å². The van der Waals surface area contributed by atoms with Gasteiger partial charge in [0, 0.05) is 36.6 Å². The molecule has 5 heteroatoms. The van der Waals surface area contributed by atoms with E-state index in [2.05, 4.69) is 10.2 Å². The van der Waals surface area contributed by atoms with Crippen LogP contribution in [0.15, 0.2) is 24.4 Å². The molecule has 1 aromatic heterocycles. The Morgan fingerprint density at radius 3 is 3.22 bits per heavy atom. The van der Waals surface area contributed by atoms with Gasteiger partial charge in [-0.1, -0.05) is 6.07 Å². The Labute approximate surface area is 104 Å². The number of fused-ring (bicyclic) bond motifs is 1. The predicted molar refractivity (Wildman–Crippen MR) is 67.2 cm³/mol. The number of benzene rings is 1. The number of amides is 1. The van der Waals surface area contributed by atoms with Crippen LogP contribution in [0.25, 0.3) is 10.9 Å². The highest BCUT2D eigenvalue weighted by atomic mass is 16.3. The molecule has 1 aromatic carbocycles. The molecule has 0 spiro atoms. The van der Waals surface area contributed by atoms with E-state index in [1.54, 1.807) is 11.1 Å². The van der Waals surface area contributed by atoms with Gasteiger partial charge in [-0.05, 0) is 18.6 Å². The molecule has 0 radical (unpaired) electrons. The lowest BCUT2D eigenvalue weighted by Crippen LogP contribution is -2.29. The number of carbonyl (C=O) groups excluding carboxylic acids is 1. The molecule has 1 aliphatic rings. The van der Waals surface area contributed by atoms with E-state index in [1.165, 1.54) is 0 Å². The largest absolute Gasteiger partial charge is 0.396 e. The molecule has 1 saturated heterocycles. The van der Waals surface area contributed by atoms with Crippen LogP contribution in [-0.2, 0) is 0 Å². The summed E-state index contributed by atoms with van der Waals surface area (Å²) in [6.07, 6.45) is 2.62. The van der Waals surface area contributed by atoms with Gasteiger partial charge in [0.2, 0.25) is 0 Å². The Bertz CT molecular complexity index is 578. The van der Waals surface area contributed by atoms with Crippen molar-refractivity contribution in [3.8, 4) is 0 Å². The number of carbonyl (C=O) groups is 1. The zero-order valence-electron chi connectivity index (χ0n) is 9.97. The summed E-state index contributed by atoms with van der Waals surface area (Å²) in [5.41, 5.74) is 1.55. The lowest BCUT2D eigenvalue weighted by atomic mass is 10.1. The van der Waals surface area contributed by atoms with Crippen molar-refractivity contribution in [2.24, 2.45) is 5.92 Å². The van der Waals surface area contributed by atoms with E-state index >= 15 is 0 Å². The quantitative estimate of drug-likeness (QED) is 0.830. The average molecular weight is 245 g/mol. The van der Waals surface area contributed by atoms with Crippen molar-refractivity contribution in [3.63, 3.8) is 0 Å². The first-order valence-electron chi connectivity index (χ1n) is 6.11. The van der Waals surface area contributed by atoms with Crippen LogP contribution in [0.4, 0.5) is 0 Å². The van der Waals surface area contributed by atoms with Gasteiger partial charge in [-0.25, -0.2) is 0 Å².